The number of nitrogens with zero attached hydrogens (tertiary/aromatic N) is 2. The van der Waals surface area contributed by atoms with Crippen molar-refractivity contribution in [3.05, 3.63) is 29.3 Å². The second kappa shape index (κ2) is 5.03. The number of aryl methyl sites for hydroxylation is 1. The van der Waals surface area contributed by atoms with Gasteiger partial charge in [0.2, 0.25) is 0 Å². The molecule has 2 nitrogen and oxygen atoms in total. The van der Waals surface area contributed by atoms with E-state index in [4.69, 9.17) is 5.26 Å². The third-order valence-corrected chi connectivity index (χ3v) is 3.31. The van der Waals surface area contributed by atoms with Crippen LogP contribution < -0.4 is 4.90 Å². The van der Waals surface area contributed by atoms with Gasteiger partial charge in [0.05, 0.1) is 11.6 Å². The van der Waals surface area contributed by atoms with E-state index >= 15 is 0 Å². The third kappa shape index (κ3) is 2.19. The topological polar surface area (TPSA) is 27.0 Å². The van der Waals surface area contributed by atoms with Crippen molar-refractivity contribution in [1.82, 2.24) is 0 Å². The first-order chi connectivity index (χ1) is 7.85. The van der Waals surface area contributed by atoms with Crippen molar-refractivity contribution >= 4 is 5.69 Å². The van der Waals surface area contributed by atoms with Crippen LogP contribution in [0.25, 0.3) is 0 Å². The van der Waals surface area contributed by atoms with Crippen molar-refractivity contribution in [3.63, 3.8) is 0 Å². The summed E-state index contributed by atoms with van der Waals surface area (Å²) in [5.41, 5.74) is 3.28. The van der Waals surface area contributed by atoms with E-state index in [9.17, 15) is 0 Å². The lowest BCUT2D eigenvalue weighted by molar-refractivity contribution is 0.577. The highest BCUT2D eigenvalue weighted by Crippen LogP contribution is 2.23. The van der Waals surface area contributed by atoms with Gasteiger partial charge < -0.3 is 4.90 Å². The Bertz CT molecular complexity index is 398. The highest BCUT2D eigenvalue weighted by molar-refractivity contribution is 5.54. The van der Waals surface area contributed by atoms with E-state index in [0.717, 1.165) is 25.1 Å². The molecule has 1 aromatic rings. The average Bonchev–Trinajstić information content (AvgIpc) is 2.39. The minimum atomic E-state index is 0.822. The summed E-state index contributed by atoms with van der Waals surface area (Å²) in [4.78, 5) is 2.43. The van der Waals surface area contributed by atoms with Crippen molar-refractivity contribution < 1.29 is 0 Å². The Morgan fingerprint density at radius 3 is 2.62 bits per heavy atom. The Kier molecular flexibility index (Phi) is 3.46. The molecule has 1 fully saturated rings. The minimum absolute atomic E-state index is 0.822. The minimum Gasteiger partial charge on any atom is -0.372 e. The molecule has 0 bridgehead atoms. The van der Waals surface area contributed by atoms with Crippen LogP contribution in [0.2, 0.25) is 0 Å². The van der Waals surface area contributed by atoms with Gasteiger partial charge in [-0.1, -0.05) is 6.92 Å². The first-order valence-electron chi connectivity index (χ1n) is 6.13. The first kappa shape index (κ1) is 11.0. The monoisotopic (exact) mass is 214 g/mol. The lowest BCUT2D eigenvalue weighted by Gasteiger charge is -2.29. The molecule has 2 rings (SSSR count). The van der Waals surface area contributed by atoms with Crippen LogP contribution in [-0.2, 0) is 6.42 Å². The van der Waals surface area contributed by atoms with Crippen LogP contribution in [0.15, 0.2) is 18.2 Å². The lowest BCUT2D eigenvalue weighted by atomic mass is 10.0. The van der Waals surface area contributed by atoms with Gasteiger partial charge in [-0.05, 0) is 49.4 Å². The quantitative estimate of drug-likeness (QED) is 0.756. The van der Waals surface area contributed by atoms with E-state index in [0.29, 0.717) is 0 Å². The highest BCUT2D eigenvalue weighted by Gasteiger charge is 2.12. The summed E-state index contributed by atoms with van der Waals surface area (Å²) in [6.07, 6.45) is 4.88. The molecule has 0 aromatic heterocycles. The highest BCUT2D eigenvalue weighted by atomic mass is 15.1. The summed E-state index contributed by atoms with van der Waals surface area (Å²) in [5, 5.41) is 8.99. The normalized spacial score (nSPS) is 15.9. The molecule has 0 radical (unpaired) electrons. The number of rotatable bonds is 2. The van der Waals surface area contributed by atoms with Crippen LogP contribution in [0.3, 0.4) is 0 Å². The van der Waals surface area contributed by atoms with Crippen LogP contribution in [0.1, 0.15) is 37.3 Å². The van der Waals surface area contributed by atoms with E-state index < -0.39 is 0 Å². The first-order valence-corrected chi connectivity index (χ1v) is 6.13. The molecule has 84 valence electrons. The van der Waals surface area contributed by atoms with Crippen LogP contribution in [0, 0.1) is 11.3 Å². The van der Waals surface area contributed by atoms with E-state index in [1.54, 1.807) is 0 Å². The number of benzene rings is 1. The zero-order valence-electron chi connectivity index (χ0n) is 9.87. The van der Waals surface area contributed by atoms with Crippen molar-refractivity contribution in [3.8, 4) is 6.07 Å². The summed E-state index contributed by atoms with van der Waals surface area (Å²) in [5.74, 6) is 0. The van der Waals surface area contributed by atoms with E-state index in [1.165, 1.54) is 30.5 Å². The van der Waals surface area contributed by atoms with Crippen LogP contribution in [0.4, 0.5) is 5.69 Å². The van der Waals surface area contributed by atoms with E-state index in [-0.39, 0.29) is 0 Å². The van der Waals surface area contributed by atoms with Gasteiger partial charge >= 0.3 is 0 Å². The van der Waals surface area contributed by atoms with Crippen molar-refractivity contribution in [2.45, 2.75) is 32.6 Å². The fourth-order valence-electron chi connectivity index (χ4n) is 2.33. The Morgan fingerprint density at radius 2 is 2.00 bits per heavy atom. The number of piperidine rings is 1. The Balaban J connectivity index is 2.25. The zero-order chi connectivity index (χ0) is 11.4. The summed E-state index contributed by atoms with van der Waals surface area (Å²) >= 11 is 0. The predicted octanol–water partition coefficient (Wildman–Crippen LogP) is 3.11. The van der Waals surface area contributed by atoms with Crippen LogP contribution in [0.5, 0.6) is 0 Å². The molecule has 1 saturated heterocycles. The van der Waals surface area contributed by atoms with Gasteiger partial charge in [-0.3, -0.25) is 0 Å². The molecule has 0 atom stereocenters. The van der Waals surface area contributed by atoms with Crippen molar-refractivity contribution in [2.24, 2.45) is 0 Å². The second-order valence-corrected chi connectivity index (χ2v) is 4.35. The van der Waals surface area contributed by atoms with Gasteiger partial charge in [0.1, 0.15) is 0 Å². The summed E-state index contributed by atoms with van der Waals surface area (Å²) < 4.78 is 0. The maximum Gasteiger partial charge on any atom is 0.0994 e. The SMILES string of the molecule is CCc1cc(N2CCCCC2)ccc1C#N. The molecule has 0 N–H and O–H groups in total. The standard InChI is InChI=1S/C14H18N2/c1-2-12-10-14(7-6-13(12)11-15)16-8-4-3-5-9-16/h6-7,10H,2-5,8-9H2,1H3. The zero-order valence-corrected chi connectivity index (χ0v) is 9.87. The largest absolute Gasteiger partial charge is 0.372 e. The van der Waals surface area contributed by atoms with Crippen molar-refractivity contribution in [1.29, 1.82) is 5.26 Å². The molecular weight excluding hydrogens is 196 g/mol. The Morgan fingerprint density at radius 1 is 1.25 bits per heavy atom. The molecule has 2 heteroatoms. The van der Waals surface area contributed by atoms with Gasteiger partial charge in [0.15, 0.2) is 0 Å². The molecule has 0 aliphatic carbocycles. The second-order valence-electron chi connectivity index (χ2n) is 4.35. The number of hydrogen-bond donors (Lipinski definition) is 0. The Labute approximate surface area is 97.5 Å². The molecule has 1 aromatic carbocycles. The molecule has 0 amide bonds. The lowest BCUT2D eigenvalue weighted by Crippen LogP contribution is -2.29. The summed E-state index contributed by atoms with van der Waals surface area (Å²) in [7, 11) is 0. The van der Waals surface area contributed by atoms with E-state index in [1.807, 2.05) is 6.07 Å². The third-order valence-electron chi connectivity index (χ3n) is 3.31. The molecule has 0 unspecified atom stereocenters. The van der Waals surface area contributed by atoms with Crippen molar-refractivity contribution in [2.75, 3.05) is 18.0 Å². The maximum absolute atomic E-state index is 8.99. The molecule has 1 heterocycles. The molecule has 16 heavy (non-hydrogen) atoms. The number of nitriles is 1. The van der Waals surface area contributed by atoms with Gasteiger partial charge in [0, 0.05) is 18.8 Å². The molecule has 1 aliphatic rings. The summed E-state index contributed by atoms with van der Waals surface area (Å²) in [6, 6.07) is 8.49. The maximum atomic E-state index is 8.99. The average molecular weight is 214 g/mol. The van der Waals surface area contributed by atoms with Gasteiger partial charge in [-0.25, -0.2) is 0 Å². The van der Waals surface area contributed by atoms with Gasteiger partial charge in [-0.15, -0.1) is 0 Å². The fraction of sp³-hybridized carbons (Fsp3) is 0.500. The molecule has 1 aliphatic heterocycles. The van der Waals surface area contributed by atoms with Crippen LogP contribution >= 0.6 is 0 Å². The number of anilines is 1. The summed E-state index contributed by atoms with van der Waals surface area (Å²) in [6.45, 7) is 4.43. The fourth-order valence-corrected chi connectivity index (χ4v) is 2.33. The van der Waals surface area contributed by atoms with Gasteiger partial charge in [-0.2, -0.15) is 5.26 Å². The van der Waals surface area contributed by atoms with Gasteiger partial charge in [0.25, 0.3) is 0 Å². The molecule has 0 saturated carbocycles. The number of hydrogen-bond acceptors (Lipinski definition) is 2. The van der Waals surface area contributed by atoms with E-state index in [2.05, 4.69) is 30.0 Å². The molecule has 0 spiro atoms. The predicted molar refractivity (Wildman–Crippen MR) is 66.6 cm³/mol. The smallest absolute Gasteiger partial charge is 0.0994 e. The Hall–Kier alpha value is -1.49. The molecular formula is C14H18N2. The van der Waals surface area contributed by atoms with Crippen LogP contribution in [-0.4, -0.2) is 13.1 Å².